The minimum absolute atomic E-state index is 0.101. The number of Topliss-reactive ketones (excluding diaryl/α,β-unsaturated/α-hetero) is 2. The van der Waals surface area contributed by atoms with Crippen molar-refractivity contribution >= 4 is 211 Å². The second kappa shape index (κ2) is 48.1. The Kier molecular flexibility index (Phi) is 40.2. The zero-order valence-electron chi connectivity index (χ0n) is 75.4. The number of aromatic amines is 3. The second-order valence-electron chi connectivity index (χ2n) is 35.5. The number of benzene rings is 1. The summed E-state index contributed by atoms with van der Waals surface area (Å²) in [5, 5.41) is 0. The van der Waals surface area contributed by atoms with Crippen molar-refractivity contribution in [2.75, 3.05) is 65.4 Å². The summed E-state index contributed by atoms with van der Waals surface area (Å²) in [5.74, 6) is 7.12. The first-order valence-electron chi connectivity index (χ1n) is 41.9. The molecule has 5 amide bonds. The van der Waals surface area contributed by atoms with Crippen LogP contribution < -0.4 is 0 Å². The number of likely N-dealkylation sites (tertiary alicyclic amines) is 5. The molecule has 0 spiro atoms. The fourth-order valence-electron chi connectivity index (χ4n) is 12.7. The Morgan fingerprint density at radius 1 is 0.389 bits per heavy atom. The molecule has 8 aromatic rings. The van der Waals surface area contributed by atoms with Crippen LogP contribution in [-0.4, -0.2) is 227 Å². The molecule has 5 aliphatic heterocycles. The Hall–Kier alpha value is -8.56. The highest BCUT2D eigenvalue weighted by molar-refractivity contribution is 14.1. The molecule has 27 nitrogen and oxygen atoms in total. The fourth-order valence-corrected chi connectivity index (χ4v) is 15.4. The van der Waals surface area contributed by atoms with E-state index in [4.69, 9.17) is 95.0 Å². The van der Waals surface area contributed by atoms with E-state index < -0.39 is 85.6 Å². The van der Waals surface area contributed by atoms with Gasteiger partial charge in [0.1, 0.15) is 58.9 Å². The second-order valence-corrected chi connectivity index (χ2v) is 48.5. The molecule has 131 heavy (non-hydrogen) atoms. The summed E-state index contributed by atoms with van der Waals surface area (Å²) >= 11 is 38.5. The molecule has 12 heterocycles. The van der Waals surface area contributed by atoms with Gasteiger partial charge in [-0.15, -0.1) is 12.0 Å². The van der Waals surface area contributed by atoms with E-state index in [1.165, 1.54) is 44.3 Å². The van der Waals surface area contributed by atoms with Crippen LogP contribution in [0.2, 0.25) is 19.6 Å². The number of H-pyrrole nitrogens is 3. The number of carbonyl (C=O) groups is 11. The maximum Gasteiger partial charge on any atom is 0.419 e. The number of nitrogens with zero attached hydrogens (tertiary/aromatic N) is 9. The van der Waals surface area contributed by atoms with Crippen LogP contribution in [0.3, 0.4) is 0 Å². The van der Waals surface area contributed by atoms with Crippen molar-refractivity contribution in [2.45, 2.75) is 197 Å². The number of halogens is 11. The first-order valence-corrected chi connectivity index (χ1v) is 50.9. The van der Waals surface area contributed by atoms with Crippen LogP contribution in [0.5, 0.6) is 0 Å². The lowest BCUT2D eigenvalue weighted by Crippen LogP contribution is -2.33. The van der Waals surface area contributed by atoms with Crippen molar-refractivity contribution in [3.05, 3.63) is 195 Å². The van der Waals surface area contributed by atoms with Gasteiger partial charge in [-0.3, -0.25) is 33.6 Å². The minimum Gasteiger partial charge on any atom is -0.443 e. The Balaban J connectivity index is 0.000000214. The van der Waals surface area contributed by atoms with Gasteiger partial charge in [-0.1, -0.05) is 119 Å². The zero-order chi connectivity index (χ0) is 97.6. The predicted octanol–water partition coefficient (Wildman–Crippen LogP) is 21.1. The molecule has 1 aromatic carbocycles. The van der Waals surface area contributed by atoms with Gasteiger partial charge < -0.3 is 58.4 Å². The average Bonchev–Trinajstić information content (AvgIpc) is 1.66. The lowest BCUT2D eigenvalue weighted by Gasteiger charge is -2.21. The summed E-state index contributed by atoms with van der Waals surface area (Å²) in [6.07, 6.45) is 24.3. The molecule has 3 N–H and O–H groups in total. The first-order chi connectivity index (χ1) is 60.9. The Bertz CT molecular complexity index is 5580. The van der Waals surface area contributed by atoms with Crippen molar-refractivity contribution in [3.8, 4) is 35.6 Å². The summed E-state index contributed by atoms with van der Waals surface area (Å²) < 4.78 is 52.7. The maximum atomic E-state index is 13.8. The molecule has 39 heteroatoms. The first kappa shape index (κ1) is 109. The molecule has 0 bridgehead atoms. The van der Waals surface area contributed by atoms with Gasteiger partial charge in [0.2, 0.25) is 11.6 Å². The van der Waals surface area contributed by atoms with Gasteiger partial charge in [0.05, 0.1) is 17.0 Å². The van der Waals surface area contributed by atoms with Crippen molar-refractivity contribution < 1.29 is 80.5 Å². The van der Waals surface area contributed by atoms with E-state index in [1.807, 2.05) is 60.5 Å². The third-order valence-corrected chi connectivity index (χ3v) is 22.4. The lowest BCUT2D eigenvalue weighted by atomic mass is 10.2. The summed E-state index contributed by atoms with van der Waals surface area (Å²) in [6.45, 7) is 35.3. The molecule has 0 radical (unpaired) electrons. The van der Waals surface area contributed by atoms with Crippen LogP contribution in [0.1, 0.15) is 243 Å². The molecule has 706 valence electrons. The van der Waals surface area contributed by atoms with Crippen LogP contribution in [0, 0.1) is 58.0 Å². The number of aromatic nitrogens is 7. The molecule has 5 fully saturated rings. The molecule has 5 aliphatic rings. The number of amides is 5. The van der Waals surface area contributed by atoms with Gasteiger partial charge in [0, 0.05) is 136 Å². The monoisotopic (exact) mass is 2280 g/mol. The van der Waals surface area contributed by atoms with Gasteiger partial charge >= 0.3 is 24.4 Å². The van der Waals surface area contributed by atoms with E-state index in [0.717, 1.165) is 125 Å². The summed E-state index contributed by atoms with van der Waals surface area (Å²) in [6, 6.07) is 16.9. The Morgan fingerprint density at radius 3 is 1.03 bits per heavy atom. The SMILES string of the molecule is C#Cc1cc(C(=O)N2CCCC2)n(C(=O)OC(C)(C)C)c1.CC(C)(C)OC(=O)n1cc(C#C[Si](C)(C)C)cc1C(=O)N1CCCC1.CC(C)(C)OC(=O)n1cc(C#Cc2cccc(F)c2F)cc1C(=O)N1CCCC1.CC(C)(C)OC(=O)n1cc(I)cc1C(=O)N1CCCC1.O=C(c1cc(I)c[nH]1)C(Cl)(Cl)Cl.O=C(c1cc(I)c[nH]1)N1CCCC1.O=C(c1ccc[nH]1)C(Cl)(Cl)Cl. The van der Waals surface area contributed by atoms with Gasteiger partial charge in [0.25, 0.3) is 37.1 Å². The highest BCUT2D eigenvalue weighted by atomic mass is 127. The molecule has 0 saturated carbocycles. The van der Waals surface area contributed by atoms with Crippen molar-refractivity contribution in [3.63, 3.8) is 0 Å². The molecule has 0 atom stereocenters. The van der Waals surface area contributed by atoms with E-state index in [9.17, 15) is 61.5 Å². The van der Waals surface area contributed by atoms with Crippen LogP contribution in [0.25, 0.3) is 0 Å². The minimum atomic E-state index is -1.88. The van der Waals surface area contributed by atoms with E-state index in [0.29, 0.717) is 71.3 Å². The highest BCUT2D eigenvalue weighted by Gasteiger charge is 2.36. The normalized spacial score (nSPS) is 14.3. The van der Waals surface area contributed by atoms with Crippen molar-refractivity contribution in [1.82, 2.24) is 57.7 Å². The highest BCUT2D eigenvalue weighted by Crippen LogP contribution is 2.33. The van der Waals surface area contributed by atoms with E-state index in [2.05, 4.69) is 109 Å². The number of carbonyl (C=O) groups excluding carboxylic acids is 11. The molecule has 0 aliphatic carbocycles. The lowest BCUT2D eigenvalue weighted by molar-refractivity contribution is 0.0511. The van der Waals surface area contributed by atoms with Crippen LogP contribution in [-0.2, 0) is 18.9 Å². The predicted molar refractivity (Wildman–Crippen MR) is 530 cm³/mol. The zero-order valence-corrected chi connectivity index (χ0v) is 87.4. The van der Waals surface area contributed by atoms with Crippen LogP contribution >= 0.6 is 137 Å². The largest absolute Gasteiger partial charge is 0.443 e. The topological polar surface area (TPSA) is 308 Å². The van der Waals surface area contributed by atoms with Crippen molar-refractivity contribution in [1.29, 1.82) is 0 Å². The number of terminal acetylenes is 1. The third-order valence-electron chi connectivity index (χ3n) is 18.6. The Labute approximate surface area is 834 Å². The molecular weight excluding hydrogens is 2170 g/mol. The van der Waals surface area contributed by atoms with Gasteiger partial charge in [-0.2, -0.15) is 0 Å². The van der Waals surface area contributed by atoms with E-state index in [1.54, 1.807) is 143 Å². The van der Waals surface area contributed by atoms with Crippen LogP contribution in [0.15, 0.2) is 110 Å². The number of hydrogen-bond acceptors (Lipinski definition) is 15. The number of nitrogens with one attached hydrogen (secondary N) is 3. The fraction of sp³-hybridized carbons (Fsp3) is 0.446. The third kappa shape index (κ3) is 35.0. The molecular formula is C92H107Cl6F2I3N12O15Si. The average molecular weight is 2280 g/mol. The van der Waals surface area contributed by atoms with Gasteiger partial charge in [-0.05, 0) is 276 Å². The van der Waals surface area contributed by atoms with E-state index in [-0.39, 0.29) is 46.5 Å². The Morgan fingerprint density at radius 2 is 0.710 bits per heavy atom. The van der Waals surface area contributed by atoms with Gasteiger partial charge in [-0.25, -0.2) is 46.2 Å². The maximum absolute atomic E-state index is 13.8. The standard InChI is InChI=1S/C22H22F2N2O3.C19H28N2O3Si.C16H20N2O3.C14H19IN2O3.C9H11IN2O.C6H3Cl3INO.C6H4Cl3NO/c1-22(2,3)29-21(28)26-14-15(9-10-16-7-6-8-17(23)19(16)24)13-18(26)20(27)25-11-4-5-12-25;1-19(2,3)24-18(23)21-14-15(9-12-25(4,5)6)13-16(21)17(22)20-10-7-8-11-20;1-5-12-10-13(14(19)17-8-6-7-9-17)18(11-12)15(20)21-16(2,3)4;1-14(2,3)20-13(19)17-9-10(15)8-11(17)12(18)16-6-4-5-7-16;10-7-5-8(11-6-7)9(13)12-3-1-2-4-12;7-6(8,9)5(12)4-1-3(10)2-11-4;7-6(8,9)5(11)4-2-1-3-10-4/h6-8,13-14H,4-5,11-12H2,1-3H3;13-14H,7-8,10-11H2,1-6H3;1,10-11H,6-9H2,2-4H3;8-9H,4-7H2,1-3H3;5-6,11H,1-4H2;1-2,11H;1-3,10H. The van der Waals surface area contributed by atoms with Crippen LogP contribution in [0.4, 0.5) is 28.0 Å². The molecule has 5 saturated heterocycles. The molecule has 13 rings (SSSR count). The number of hydrogen-bond donors (Lipinski definition) is 3. The summed E-state index contributed by atoms with van der Waals surface area (Å²) in [7, 11) is -1.55. The number of ketones is 2. The number of rotatable bonds is 7. The molecule has 0 unspecified atom stereocenters. The number of alkyl halides is 6. The van der Waals surface area contributed by atoms with E-state index >= 15 is 0 Å². The quantitative estimate of drug-likeness (QED) is 0.0333. The number of ether oxygens (including phenoxy) is 4. The smallest absolute Gasteiger partial charge is 0.419 e. The van der Waals surface area contributed by atoms with Gasteiger partial charge in [0.15, 0.2) is 11.6 Å². The molecule has 7 aromatic heterocycles. The summed E-state index contributed by atoms with van der Waals surface area (Å²) in [5.41, 5.74) is 4.48. The summed E-state index contributed by atoms with van der Waals surface area (Å²) in [4.78, 5) is 151. The van der Waals surface area contributed by atoms with Crippen molar-refractivity contribution in [2.24, 2.45) is 0 Å².